The summed E-state index contributed by atoms with van der Waals surface area (Å²) >= 11 is 0. The van der Waals surface area contributed by atoms with Crippen molar-refractivity contribution in [2.75, 3.05) is 0 Å². The molecule has 0 saturated heterocycles. The molecule has 0 saturated carbocycles. The van der Waals surface area contributed by atoms with Gasteiger partial charge in [0.25, 0.3) is 0 Å². The highest BCUT2D eigenvalue weighted by Gasteiger charge is 2.25. The number of hydrogen-bond donors (Lipinski definition) is 1. The Labute approximate surface area is 164 Å². The summed E-state index contributed by atoms with van der Waals surface area (Å²) in [5, 5.41) is 9.68. The van der Waals surface area contributed by atoms with Gasteiger partial charge in [-0.15, -0.1) is 0 Å². The second-order valence-corrected chi connectivity index (χ2v) is 6.50. The van der Waals surface area contributed by atoms with Gasteiger partial charge in [-0.3, -0.25) is 0 Å². The van der Waals surface area contributed by atoms with E-state index in [2.05, 4.69) is 9.69 Å². The molecule has 138 valence electrons. The average molecular weight is 369 g/mol. The second kappa shape index (κ2) is 7.82. The largest absolute Gasteiger partial charge is 0.477 e. The Morgan fingerprint density at radius 1 is 1.00 bits per heavy atom. The van der Waals surface area contributed by atoms with Gasteiger partial charge in [-0.2, -0.15) is 0 Å². The van der Waals surface area contributed by atoms with Gasteiger partial charge in [-0.05, 0) is 29.5 Å². The summed E-state index contributed by atoms with van der Waals surface area (Å²) in [6.45, 7) is 16.5. The molecule has 0 aliphatic rings. The van der Waals surface area contributed by atoms with Crippen LogP contribution < -0.4 is 0 Å². The molecule has 0 atom stereocenters. The number of rotatable bonds is 5. The highest BCUT2D eigenvalue weighted by molar-refractivity contribution is 6.00. The zero-order chi connectivity index (χ0) is 20.3. The molecule has 0 unspecified atom stereocenters. The van der Waals surface area contributed by atoms with Crippen molar-refractivity contribution in [3.63, 3.8) is 0 Å². The molecule has 0 aliphatic heterocycles. The monoisotopic (exact) mass is 369 g/mol. The van der Waals surface area contributed by atoms with Gasteiger partial charge >= 0.3 is 5.97 Å². The molecule has 2 aromatic carbocycles. The number of carboxylic acid groups (broad SMARTS) is 1. The van der Waals surface area contributed by atoms with Gasteiger partial charge in [0.2, 0.25) is 5.69 Å². The van der Waals surface area contributed by atoms with Crippen LogP contribution in [-0.4, -0.2) is 15.6 Å². The van der Waals surface area contributed by atoms with Crippen LogP contribution in [0.3, 0.4) is 0 Å². The van der Waals surface area contributed by atoms with Crippen LogP contribution >= 0.6 is 0 Å². The van der Waals surface area contributed by atoms with Crippen LogP contribution in [-0.2, 0) is 19.9 Å². The lowest BCUT2D eigenvalue weighted by Gasteiger charge is -2.07. The molecule has 28 heavy (non-hydrogen) atoms. The third-order valence-corrected chi connectivity index (χ3v) is 4.85. The minimum atomic E-state index is -1.04. The molecule has 1 heterocycles. The van der Waals surface area contributed by atoms with E-state index in [9.17, 15) is 9.90 Å². The van der Waals surface area contributed by atoms with Crippen molar-refractivity contribution in [3.8, 4) is 11.1 Å². The van der Waals surface area contributed by atoms with Gasteiger partial charge < -0.3 is 9.67 Å². The minimum Gasteiger partial charge on any atom is -0.477 e. The zero-order valence-corrected chi connectivity index (χ0v) is 15.7. The smallest absolute Gasteiger partial charge is 0.351 e. The maximum atomic E-state index is 11.8. The molecule has 3 rings (SSSR count). The number of benzene rings is 2. The molecule has 0 radical (unpaired) electrons. The molecule has 0 aliphatic carbocycles. The number of aromatic nitrogens is 1. The van der Waals surface area contributed by atoms with Gasteiger partial charge in [0.05, 0.1) is 13.1 Å². The first-order valence-corrected chi connectivity index (χ1v) is 8.88. The molecular formula is C23H19N3O2. The molecule has 5 nitrogen and oxygen atoms in total. The third-order valence-electron chi connectivity index (χ3n) is 4.85. The van der Waals surface area contributed by atoms with E-state index in [1.807, 2.05) is 43.3 Å². The third kappa shape index (κ3) is 3.39. The number of nitrogens with zero attached hydrogens (tertiary/aromatic N) is 3. The zero-order valence-electron chi connectivity index (χ0n) is 15.7. The van der Waals surface area contributed by atoms with E-state index >= 15 is 0 Å². The first-order chi connectivity index (χ1) is 13.5. The fourth-order valence-electron chi connectivity index (χ4n) is 3.48. The van der Waals surface area contributed by atoms with Gasteiger partial charge in [0.1, 0.15) is 5.69 Å². The van der Waals surface area contributed by atoms with Crippen molar-refractivity contribution in [1.29, 1.82) is 0 Å². The van der Waals surface area contributed by atoms with Gasteiger partial charge in [-0.25, -0.2) is 14.5 Å². The maximum absolute atomic E-state index is 11.8. The Morgan fingerprint density at radius 2 is 1.57 bits per heavy atom. The van der Waals surface area contributed by atoms with Crippen molar-refractivity contribution in [2.24, 2.45) is 7.05 Å². The van der Waals surface area contributed by atoms with Crippen LogP contribution in [0.25, 0.3) is 20.8 Å². The summed E-state index contributed by atoms with van der Waals surface area (Å²) in [5.74, 6) is -1.04. The van der Waals surface area contributed by atoms with Crippen LogP contribution in [0.5, 0.6) is 0 Å². The van der Waals surface area contributed by atoms with E-state index in [0.717, 1.165) is 28.8 Å². The van der Waals surface area contributed by atoms with Crippen LogP contribution in [0.1, 0.15) is 34.2 Å². The lowest BCUT2D eigenvalue weighted by Crippen LogP contribution is -2.07. The van der Waals surface area contributed by atoms with Gasteiger partial charge in [0, 0.05) is 18.3 Å². The first kappa shape index (κ1) is 18.9. The van der Waals surface area contributed by atoms with E-state index in [1.165, 1.54) is 0 Å². The molecule has 5 heteroatoms. The Hall–Kier alpha value is -3.83. The Balaban J connectivity index is 1.98. The second-order valence-electron chi connectivity index (χ2n) is 6.50. The van der Waals surface area contributed by atoms with Crippen molar-refractivity contribution in [3.05, 3.63) is 93.9 Å². The van der Waals surface area contributed by atoms with Crippen molar-refractivity contribution < 1.29 is 9.90 Å². The summed E-state index contributed by atoms with van der Waals surface area (Å²) in [5.41, 5.74) is 5.28. The lowest BCUT2D eigenvalue weighted by molar-refractivity contribution is 0.0687. The minimum absolute atomic E-state index is 0.144. The highest BCUT2D eigenvalue weighted by atomic mass is 16.4. The molecule has 0 fully saturated rings. The van der Waals surface area contributed by atoms with Gasteiger partial charge in [-0.1, -0.05) is 55.5 Å². The highest BCUT2D eigenvalue weighted by Crippen LogP contribution is 2.39. The molecule has 0 bridgehead atoms. The van der Waals surface area contributed by atoms with Crippen molar-refractivity contribution in [1.82, 2.24) is 4.57 Å². The van der Waals surface area contributed by atoms with Crippen molar-refractivity contribution >= 4 is 17.3 Å². The number of carboxylic acids is 1. The molecule has 0 amide bonds. The molecule has 1 N–H and O–H groups in total. The van der Waals surface area contributed by atoms with E-state index in [0.29, 0.717) is 23.4 Å². The first-order valence-electron chi connectivity index (χ1n) is 8.88. The predicted molar refractivity (Wildman–Crippen MR) is 109 cm³/mol. The topological polar surface area (TPSA) is 51.0 Å². The quantitative estimate of drug-likeness (QED) is 0.591. The Kier molecular flexibility index (Phi) is 5.29. The Bertz CT molecular complexity index is 1110. The molecule has 1 aromatic heterocycles. The summed E-state index contributed by atoms with van der Waals surface area (Å²) in [6, 6.07) is 15.1. The number of aromatic carboxylic acids is 1. The molecule has 3 aromatic rings. The lowest BCUT2D eigenvalue weighted by atomic mass is 9.99. The van der Waals surface area contributed by atoms with E-state index < -0.39 is 5.97 Å². The average Bonchev–Trinajstić information content (AvgIpc) is 3.00. The normalized spacial score (nSPS) is 10.3. The number of carbonyl (C=O) groups is 1. The van der Waals surface area contributed by atoms with Crippen LogP contribution in [0.15, 0.2) is 48.5 Å². The SMILES string of the molecule is [C-]#[N+]c1ccc(Cc2ccc(-c3c([N+]#[C-])c(CC)n(C)c3C(=O)O)cc2)cc1. The summed E-state index contributed by atoms with van der Waals surface area (Å²) in [7, 11) is 1.70. The Morgan fingerprint density at radius 3 is 2.04 bits per heavy atom. The van der Waals surface area contributed by atoms with Crippen LogP contribution in [0.2, 0.25) is 0 Å². The molecule has 0 spiro atoms. The maximum Gasteiger partial charge on any atom is 0.351 e. The van der Waals surface area contributed by atoms with E-state index in [4.69, 9.17) is 13.1 Å². The number of hydrogen-bond acceptors (Lipinski definition) is 1. The van der Waals surface area contributed by atoms with E-state index in [1.54, 1.807) is 23.7 Å². The standard InChI is InChI=1S/C23H19N3O2/c1-5-19-21(25-3)20(22(23(27)28)26(19)4)17-10-6-15(7-11-17)14-16-8-12-18(24-2)13-9-16/h6-13H,5,14H2,1,4H3,(H,27,28). The summed E-state index contributed by atoms with van der Waals surface area (Å²) in [4.78, 5) is 18.9. The predicted octanol–water partition coefficient (Wildman–Crippen LogP) is 5.65. The molecular weight excluding hydrogens is 350 g/mol. The summed E-state index contributed by atoms with van der Waals surface area (Å²) < 4.78 is 1.61. The van der Waals surface area contributed by atoms with Crippen LogP contribution in [0, 0.1) is 13.1 Å². The van der Waals surface area contributed by atoms with Crippen molar-refractivity contribution in [2.45, 2.75) is 19.8 Å². The fraction of sp³-hybridized carbons (Fsp3) is 0.174. The van der Waals surface area contributed by atoms with Crippen LogP contribution in [0.4, 0.5) is 11.4 Å². The van der Waals surface area contributed by atoms with E-state index in [-0.39, 0.29) is 5.69 Å². The fourth-order valence-corrected chi connectivity index (χ4v) is 3.48. The summed E-state index contributed by atoms with van der Waals surface area (Å²) in [6.07, 6.45) is 1.31. The van der Waals surface area contributed by atoms with Gasteiger partial charge in [0.15, 0.2) is 5.69 Å².